The molecule has 3 nitrogen and oxygen atoms in total. The first-order chi connectivity index (χ1) is 6.72. The van der Waals surface area contributed by atoms with E-state index in [2.05, 4.69) is 26.2 Å². The van der Waals surface area contributed by atoms with Crippen LogP contribution in [0.15, 0.2) is 22.9 Å². The Morgan fingerprint density at radius 1 is 1.57 bits per heavy atom. The molecule has 0 aliphatic heterocycles. The molecule has 0 fully saturated rings. The Kier molecular flexibility index (Phi) is 5.07. The van der Waals surface area contributed by atoms with Gasteiger partial charge in [0.15, 0.2) is 0 Å². The SMILES string of the molecule is CCNCC(O)Cc1cncc(Br)c1. The molecule has 1 aromatic heterocycles. The van der Waals surface area contributed by atoms with Crippen LogP contribution in [0.1, 0.15) is 12.5 Å². The Labute approximate surface area is 92.7 Å². The molecule has 1 aromatic rings. The minimum absolute atomic E-state index is 0.342. The van der Waals surface area contributed by atoms with E-state index in [9.17, 15) is 5.11 Å². The maximum Gasteiger partial charge on any atom is 0.0705 e. The monoisotopic (exact) mass is 258 g/mol. The van der Waals surface area contributed by atoms with E-state index < -0.39 is 0 Å². The van der Waals surface area contributed by atoms with Gasteiger partial charge in [-0.2, -0.15) is 0 Å². The molecule has 0 spiro atoms. The second-order valence-corrected chi connectivity index (χ2v) is 4.09. The molecule has 0 aromatic carbocycles. The molecule has 0 saturated heterocycles. The zero-order valence-corrected chi connectivity index (χ0v) is 9.79. The van der Waals surface area contributed by atoms with E-state index in [1.54, 1.807) is 12.4 Å². The highest BCUT2D eigenvalue weighted by atomic mass is 79.9. The van der Waals surface area contributed by atoms with Gasteiger partial charge in [-0.05, 0) is 34.1 Å². The van der Waals surface area contributed by atoms with Gasteiger partial charge in [0.05, 0.1) is 6.10 Å². The minimum atomic E-state index is -0.342. The number of aliphatic hydroxyl groups is 1. The second-order valence-electron chi connectivity index (χ2n) is 3.18. The van der Waals surface area contributed by atoms with Gasteiger partial charge in [-0.3, -0.25) is 4.98 Å². The van der Waals surface area contributed by atoms with Crippen LogP contribution in [-0.4, -0.2) is 29.3 Å². The molecule has 0 aliphatic carbocycles. The first-order valence-electron chi connectivity index (χ1n) is 4.70. The molecule has 1 unspecified atom stereocenters. The van der Waals surface area contributed by atoms with Crippen LogP contribution in [0, 0.1) is 0 Å². The Balaban J connectivity index is 2.43. The van der Waals surface area contributed by atoms with Crippen molar-refractivity contribution in [1.29, 1.82) is 0 Å². The topological polar surface area (TPSA) is 45.1 Å². The molecule has 0 amide bonds. The van der Waals surface area contributed by atoms with Gasteiger partial charge in [-0.25, -0.2) is 0 Å². The van der Waals surface area contributed by atoms with Gasteiger partial charge in [0.1, 0.15) is 0 Å². The molecule has 1 rings (SSSR count). The predicted octanol–water partition coefficient (Wildman–Crippen LogP) is 1.36. The number of pyridine rings is 1. The first kappa shape index (κ1) is 11.6. The largest absolute Gasteiger partial charge is 0.391 e. The molecule has 0 saturated carbocycles. The number of nitrogens with zero attached hydrogens (tertiary/aromatic N) is 1. The molecule has 4 heteroatoms. The van der Waals surface area contributed by atoms with Gasteiger partial charge >= 0.3 is 0 Å². The van der Waals surface area contributed by atoms with E-state index in [4.69, 9.17) is 0 Å². The zero-order chi connectivity index (χ0) is 10.4. The summed E-state index contributed by atoms with van der Waals surface area (Å²) in [7, 11) is 0. The Morgan fingerprint density at radius 3 is 3.00 bits per heavy atom. The van der Waals surface area contributed by atoms with Crippen LogP contribution in [0.5, 0.6) is 0 Å². The van der Waals surface area contributed by atoms with Crippen LogP contribution in [0.4, 0.5) is 0 Å². The van der Waals surface area contributed by atoms with Crippen LogP contribution in [0.3, 0.4) is 0 Å². The molecule has 78 valence electrons. The summed E-state index contributed by atoms with van der Waals surface area (Å²) in [6.45, 7) is 3.53. The third kappa shape index (κ3) is 4.17. The van der Waals surface area contributed by atoms with Gasteiger partial charge in [0.2, 0.25) is 0 Å². The first-order valence-corrected chi connectivity index (χ1v) is 5.50. The molecule has 2 N–H and O–H groups in total. The van der Waals surface area contributed by atoms with Crippen molar-refractivity contribution in [3.63, 3.8) is 0 Å². The standard InChI is InChI=1S/C10H15BrN2O/c1-2-12-7-10(14)4-8-3-9(11)6-13-5-8/h3,5-6,10,12,14H,2,4,7H2,1H3. The highest BCUT2D eigenvalue weighted by Crippen LogP contribution is 2.10. The lowest BCUT2D eigenvalue weighted by Crippen LogP contribution is -2.28. The number of aromatic nitrogens is 1. The van der Waals surface area contributed by atoms with Crippen molar-refractivity contribution in [2.75, 3.05) is 13.1 Å². The van der Waals surface area contributed by atoms with Crippen molar-refractivity contribution in [2.24, 2.45) is 0 Å². The average molecular weight is 259 g/mol. The molecular weight excluding hydrogens is 244 g/mol. The molecule has 1 atom stereocenters. The Bertz CT molecular complexity index is 281. The van der Waals surface area contributed by atoms with Crippen molar-refractivity contribution in [3.8, 4) is 0 Å². The fourth-order valence-electron chi connectivity index (χ4n) is 1.22. The highest BCUT2D eigenvalue weighted by molar-refractivity contribution is 9.10. The number of hydrogen-bond donors (Lipinski definition) is 2. The van der Waals surface area contributed by atoms with E-state index in [0.29, 0.717) is 13.0 Å². The van der Waals surface area contributed by atoms with E-state index in [0.717, 1.165) is 16.6 Å². The smallest absolute Gasteiger partial charge is 0.0705 e. The maximum atomic E-state index is 9.62. The number of aliphatic hydroxyl groups excluding tert-OH is 1. The summed E-state index contributed by atoms with van der Waals surface area (Å²) in [6, 6.07) is 1.97. The quantitative estimate of drug-likeness (QED) is 0.839. The normalized spacial score (nSPS) is 12.8. The van der Waals surface area contributed by atoms with E-state index in [1.807, 2.05) is 13.0 Å². The van der Waals surface area contributed by atoms with Crippen molar-refractivity contribution in [2.45, 2.75) is 19.4 Å². The number of halogens is 1. The van der Waals surface area contributed by atoms with E-state index in [-0.39, 0.29) is 6.10 Å². The summed E-state index contributed by atoms with van der Waals surface area (Å²) in [5, 5.41) is 12.7. The van der Waals surface area contributed by atoms with Gasteiger partial charge in [-0.15, -0.1) is 0 Å². The summed E-state index contributed by atoms with van der Waals surface area (Å²) in [5.41, 5.74) is 1.05. The lowest BCUT2D eigenvalue weighted by atomic mass is 10.1. The Morgan fingerprint density at radius 2 is 2.36 bits per heavy atom. The van der Waals surface area contributed by atoms with Crippen molar-refractivity contribution in [1.82, 2.24) is 10.3 Å². The fraction of sp³-hybridized carbons (Fsp3) is 0.500. The van der Waals surface area contributed by atoms with Crippen molar-refractivity contribution < 1.29 is 5.11 Å². The summed E-state index contributed by atoms with van der Waals surface area (Å²) in [5.74, 6) is 0. The molecule has 0 aliphatic rings. The summed E-state index contributed by atoms with van der Waals surface area (Å²) < 4.78 is 0.950. The van der Waals surface area contributed by atoms with Crippen LogP contribution in [0.25, 0.3) is 0 Å². The van der Waals surface area contributed by atoms with Crippen molar-refractivity contribution >= 4 is 15.9 Å². The van der Waals surface area contributed by atoms with Crippen molar-refractivity contribution in [3.05, 3.63) is 28.5 Å². The average Bonchev–Trinajstić information content (AvgIpc) is 2.15. The summed E-state index contributed by atoms with van der Waals surface area (Å²) in [6.07, 6.45) is 3.81. The van der Waals surface area contributed by atoms with Crippen LogP contribution < -0.4 is 5.32 Å². The van der Waals surface area contributed by atoms with Crippen LogP contribution in [-0.2, 0) is 6.42 Å². The fourth-order valence-corrected chi connectivity index (χ4v) is 1.63. The number of nitrogens with one attached hydrogen (secondary N) is 1. The number of likely N-dealkylation sites (N-methyl/N-ethyl adjacent to an activating group) is 1. The zero-order valence-electron chi connectivity index (χ0n) is 8.20. The maximum absolute atomic E-state index is 9.62. The van der Waals surface area contributed by atoms with Gasteiger partial charge in [-0.1, -0.05) is 6.92 Å². The van der Waals surface area contributed by atoms with Crippen LogP contribution in [0.2, 0.25) is 0 Å². The number of rotatable bonds is 5. The molecule has 0 radical (unpaired) electrons. The molecule has 0 bridgehead atoms. The Hall–Kier alpha value is -0.450. The molecule has 1 heterocycles. The summed E-state index contributed by atoms with van der Waals surface area (Å²) >= 11 is 3.34. The predicted molar refractivity (Wildman–Crippen MR) is 60.2 cm³/mol. The second kappa shape index (κ2) is 6.11. The molecular formula is C10H15BrN2O. The lowest BCUT2D eigenvalue weighted by molar-refractivity contribution is 0.172. The van der Waals surface area contributed by atoms with Gasteiger partial charge < -0.3 is 10.4 Å². The third-order valence-corrected chi connectivity index (χ3v) is 2.30. The summed E-state index contributed by atoms with van der Waals surface area (Å²) in [4.78, 5) is 4.04. The van der Waals surface area contributed by atoms with Gasteiger partial charge in [0, 0.05) is 29.8 Å². The molecule has 14 heavy (non-hydrogen) atoms. The third-order valence-electron chi connectivity index (χ3n) is 1.86. The van der Waals surface area contributed by atoms with Gasteiger partial charge in [0.25, 0.3) is 0 Å². The van der Waals surface area contributed by atoms with E-state index in [1.165, 1.54) is 0 Å². The van der Waals surface area contributed by atoms with Crippen LogP contribution >= 0.6 is 15.9 Å². The minimum Gasteiger partial charge on any atom is -0.391 e. The number of hydrogen-bond acceptors (Lipinski definition) is 3. The highest BCUT2D eigenvalue weighted by Gasteiger charge is 2.04. The van der Waals surface area contributed by atoms with E-state index >= 15 is 0 Å². The lowest BCUT2D eigenvalue weighted by Gasteiger charge is -2.10.